The minimum absolute atomic E-state index is 0.346. The average molecular weight is 421 g/mol. The monoisotopic (exact) mass is 420 g/mol. The van der Waals surface area contributed by atoms with Gasteiger partial charge in [-0.05, 0) is 45.8 Å². The first-order chi connectivity index (χ1) is 13.3. The van der Waals surface area contributed by atoms with E-state index in [9.17, 15) is 0 Å². The van der Waals surface area contributed by atoms with Gasteiger partial charge in [0.2, 0.25) is 0 Å². The van der Waals surface area contributed by atoms with Crippen LogP contribution in [0.5, 0.6) is 0 Å². The highest BCUT2D eigenvalue weighted by atomic mass is 32.2. The molecule has 1 aliphatic rings. The zero-order valence-corrected chi connectivity index (χ0v) is 17.9. The summed E-state index contributed by atoms with van der Waals surface area (Å²) in [5.41, 5.74) is 1.20. The molecular formula is C23H16S4. The minimum Gasteiger partial charge on any atom is -0.143 e. The summed E-state index contributed by atoms with van der Waals surface area (Å²) in [6, 6.07) is 10.3. The first kappa shape index (κ1) is 18.4. The summed E-state index contributed by atoms with van der Waals surface area (Å²) in [4.78, 5) is 2.20. The zero-order valence-electron chi connectivity index (χ0n) is 14.6. The van der Waals surface area contributed by atoms with Gasteiger partial charge in [0.15, 0.2) is 0 Å². The number of thioether (sulfide) groups is 1. The summed E-state index contributed by atoms with van der Waals surface area (Å²) in [5.74, 6) is 13.6. The molecule has 2 atom stereocenters. The SMILES string of the molecule is CC1SC=CC1/C(C#Cc1cccs1)=c1/scc/c1=C\C#Cc1cccs1. The maximum Gasteiger partial charge on any atom is 0.0772 e. The highest BCUT2D eigenvalue weighted by molar-refractivity contribution is 8.03. The number of rotatable bonds is 1. The summed E-state index contributed by atoms with van der Waals surface area (Å²) in [6.45, 7) is 2.27. The predicted molar refractivity (Wildman–Crippen MR) is 124 cm³/mol. The summed E-state index contributed by atoms with van der Waals surface area (Å²) < 4.78 is 1.24. The van der Waals surface area contributed by atoms with Gasteiger partial charge in [-0.2, -0.15) is 0 Å². The molecule has 2 unspecified atom stereocenters. The van der Waals surface area contributed by atoms with Gasteiger partial charge in [-0.15, -0.1) is 45.8 Å². The van der Waals surface area contributed by atoms with Gasteiger partial charge in [-0.1, -0.05) is 48.8 Å². The minimum atomic E-state index is 0.346. The lowest BCUT2D eigenvalue weighted by Gasteiger charge is -2.13. The van der Waals surface area contributed by atoms with E-state index < -0.39 is 0 Å². The lowest BCUT2D eigenvalue weighted by atomic mass is 9.96. The molecule has 0 bridgehead atoms. The van der Waals surface area contributed by atoms with Gasteiger partial charge in [-0.3, -0.25) is 0 Å². The van der Waals surface area contributed by atoms with Crippen LogP contribution in [-0.2, 0) is 0 Å². The van der Waals surface area contributed by atoms with E-state index in [-0.39, 0.29) is 0 Å². The lowest BCUT2D eigenvalue weighted by Crippen LogP contribution is -2.25. The van der Waals surface area contributed by atoms with Gasteiger partial charge in [0.25, 0.3) is 0 Å². The van der Waals surface area contributed by atoms with Gasteiger partial charge in [0.1, 0.15) is 0 Å². The van der Waals surface area contributed by atoms with Crippen LogP contribution in [0.1, 0.15) is 16.7 Å². The Morgan fingerprint density at radius 1 is 0.963 bits per heavy atom. The quantitative estimate of drug-likeness (QED) is 0.489. The highest BCUT2D eigenvalue weighted by Crippen LogP contribution is 2.34. The zero-order chi connectivity index (χ0) is 18.5. The molecule has 0 spiro atoms. The van der Waals surface area contributed by atoms with Crippen LogP contribution in [-0.4, -0.2) is 5.25 Å². The molecular weight excluding hydrogens is 405 g/mol. The topological polar surface area (TPSA) is 0 Å². The van der Waals surface area contributed by atoms with Crippen molar-refractivity contribution in [1.82, 2.24) is 0 Å². The van der Waals surface area contributed by atoms with E-state index in [1.54, 1.807) is 34.0 Å². The Morgan fingerprint density at radius 2 is 1.74 bits per heavy atom. The van der Waals surface area contributed by atoms with Crippen molar-refractivity contribution >= 4 is 57.4 Å². The van der Waals surface area contributed by atoms with Gasteiger partial charge in [0, 0.05) is 26.5 Å². The Labute approximate surface area is 176 Å². The van der Waals surface area contributed by atoms with Crippen molar-refractivity contribution < 1.29 is 0 Å². The Balaban J connectivity index is 1.83. The molecule has 4 rings (SSSR count). The molecule has 0 N–H and O–H groups in total. The molecule has 3 aromatic rings. The number of allylic oxidation sites excluding steroid dienone is 1. The van der Waals surface area contributed by atoms with Crippen molar-refractivity contribution in [3.63, 3.8) is 0 Å². The van der Waals surface area contributed by atoms with Crippen LogP contribution >= 0.6 is 45.8 Å². The van der Waals surface area contributed by atoms with Crippen LogP contribution in [0.3, 0.4) is 0 Å². The van der Waals surface area contributed by atoms with Crippen LogP contribution in [0.4, 0.5) is 0 Å². The Kier molecular flexibility index (Phi) is 6.02. The highest BCUT2D eigenvalue weighted by Gasteiger charge is 2.23. The van der Waals surface area contributed by atoms with Crippen molar-refractivity contribution in [2.45, 2.75) is 12.2 Å². The molecule has 0 aromatic carbocycles. The van der Waals surface area contributed by atoms with Crippen LogP contribution in [0.2, 0.25) is 0 Å². The third-order valence-electron chi connectivity index (χ3n) is 4.14. The van der Waals surface area contributed by atoms with Crippen LogP contribution in [0, 0.1) is 29.6 Å². The van der Waals surface area contributed by atoms with E-state index in [1.807, 2.05) is 36.0 Å². The molecule has 0 aliphatic carbocycles. The summed E-state index contributed by atoms with van der Waals surface area (Å²) in [5, 5.41) is 10.1. The average Bonchev–Trinajstić information content (AvgIpc) is 3.45. The van der Waals surface area contributed by atoms with Crippen LogP contribution < -0.4 is 9.75 Å². The molecule has 0 saturated carbocycles. The molecule has 3 aromatic heterocycles. The first-order valence-corrected chi connectivity index (χ1v) is 12.1. The molecule has 0 nitrogen and oxygen atoms in total. The fraction of sp³-hybridized carbons (Fsp3) is 0.130. The molecule has 1 aliphatic heterocycles. The number of hydrogen-bond acceptors (Lipinski definition) is 4. The molecule has 0 saturated heterocycles. The molecule has 132 valence electrons. The normalized spacial score (nSPS) is 20.0. The van der Waals surface area contributed by atoms with Gasteiger partial charge < -0.3 is 0 Å². The van der Waals surface area contributed by atoms with Crippen molar-refractivity contribution in [2.24, 2.45) is 5.92 Å². The van der Waals surface area contributed by atoms with Crippen molar-refractivity contribution in [3.05, 3.63) is 77.5 Å². The van der Waals surface area contributed by atoms with Crippen molar-refractivity contribution in [3.8, 4) is 23.7 Å². The van der Waals surface area contributed by atoms with E-state index in [1.165, 1.54) is 10.1 Å². The van der Waals surface area contributed by atoms with Gasteiger partial charge in [0.05, 0.1) is 9.75 Å². The second kappa shape index (κ2) is 8.83. The predicted octanol–water partition coefficient (Wildman–Crippen LogP) is 5.17. The summed E-state index contributed by atoms with van der Waals surface area (Å²) >= 11 is 6.99. The van der Waals surface area contributed by atoms with E-state index in [0.717, 1.165) is 15.0 Å². The third kappa shape index (κ3) is 4.49. The fourth-order valence-electron chi connectivity index (χ4n) is 2.78. The standard InChI is InChI=1S/C23H16S4/c1-17-21(12-16-24-17)22(10-9-20-8-4-14-26-20)23-18(11-15-27-23)5-2-6-19-7-3-13-25-19/h3-5,7-8,11-17,21H,1H3/b18-5+,23-22+. The second-order valence-corrected chi connectivity index (χ2v) is 10.0. The summed E-state index contributed by atoms with van der Waals surface area (Å²) in [6.07, 6.45) is 4.31. The van der Waals surface area contributed by atoms with E-state index >= 15 is 0 Å². The van der Waals surface area contributed by atoms with Crippen molar-refractivity contribution in [2.75, 3.05) is 0 Å². The van der Waals surface area contributed by atoms with Crippen LogP contribution in [0.25, 0.3) is 11.6 Å². The largest absolute Gasteiger partial charge is 0.143 e. The fourth-order valence-corrected chi connectivity index (χ4v) is 5.76. The van der Waals surface area contributed by atoms with E-state index in [2.05, 4.69) is 70.4 Å². The van der Waals surface area contributed by atoms with Crippen LogP contribution in [0.15, 0.2) is 58.0 Å². The Morgan fingerprint density at radius 3 is 2.41 bits per heavy atom. The maximum absolute atomic E-state index is 3.50. The third-order valence-corrected chi connectivity index (χ3v) is 7.72. The van der Waals surface area contributed by atoms with E-state index in [4.69, 9.17) is 0 Å². The molecule has 27 heavy (non-hydrogen) atoms. The maximum atomic E-state index is 3.50. The first-order valence-electron chi connectivity index (χ1n) is 8.52. The number of hydrogen-bond donors (Lipinski definition) is 0. The molecule has 4 heterocycles. The van der Waals surface area contributed by atoms with E-state index in [0.29, 0.717) is 11.2 Å². The van der Waals surface area contributed by atoms with Gasteiger partial charge >= 0.3 is 0 Å². The molecule has 0 fully saturated rings. The number of thiophene rings is 3. The van der Waals surface area contributed by atoms with Gasteiger partial charge in [-0.25, -0.2) is 0 Å². The molecule has 0 radical (unpaired) electrons. The second-order valence-electron chi connectivity index (χ2n) is 5.93. The lowest BCUT2D eigenvalue weighted by molar-refractivity contribution is 0.834. The molecule has 4 heteroatoms. The molecule has 0 amide bonds. The Bertz CT molecular complexity index is 1170. The van der Waals surface area contributed by atoms with Crippen molar-refractivity contribution in [1.29, 1.82) is 0 Å². The Hall–Kier alpha value is -1.95. The smallest absolute Gasteiger partial charge is 0.0772 e. The summed E-state index contributed by atoms with van der Waals surface area (Å²) in [7, 11) is 0.